The van der Waals surface area contributed by atoms with E-state index in [1.54, 1.807) is 0 Å². The SMILES string of the molecule is CCC1OCCC1C(O)c1cc(Br)c(C)cc1Br. The summed E-state index contributed by atoms with van der Waals surface area (Å²) >= 11 is 7.08. The first-order valence-corrected chi connectivity index (χ1v) is 7.88. The maximum absolute atomic E-state index is 10.6. The summed E-state index contributed by atoms with van der Waals surface area (Å²) in [5.74, 6) is 0.195. The van der Waals surface area contributed by atoms with Gasteiger partial charge in [0, 0.05) is 21.5 Å². The molecule has 0 radical (unpaired) electrons. The zero-order valence-corrected chi connectivity index (χ0v) is 13.8. The van der Waals surface area contributed by atoms with Crippen molar-refractivity contribution in [2.45, 2.75) is 38.9 Å². The molecule has 2 rings (SSSR count). The van der Waals surface area contributed by atoms with Gasteiger partial charge in [0.1, 0.15) is 0 Å². The molecule has 3 unspecified atom stereocenters. The van der Waals surface area contributed by atoms with Crippen molar-refractivity contribution in [3.05, 3.63) is 32.2 Å². The third-order valence-electron chi connectivity index (χ3n) is 3.67. The van der Waals surface area contributed by atoms with Crippen molar-refractivity contribution in [1.29, 1.82) is 0 Å². The Balaban J connectivity index is 2.28. The highest BCUT2D eigenvalue weighted by molar-refractivity contribution is 9.11. The number of hydrogen-bond acceptors (Lipinski definition) is 2. The second-order valence-corrected chi connectivity index (χ2v) is 6.55. The van der Waals surface area contributed by atoms with Crippen molar-refractivity contribution in [3.63, 3.8) is 0 Å². The standard InChI is InChI=1S/C14H18Br2O2/c1-3-13-9(4-5-18-13)14(17)10-7-11(15)8(2)6-12(10)16/h6-7,9,13-14,17H,3-5H2,1-2H3. The Kier molecular flexibility index (Phi) is 4.86. The minimum Gasteiger partial charge on any atom is -0.388 e. The van der Waals surface area contributed by atoms with Crippen molar-refractivity contribution >= 4 is 31.9 Å². The van der Waals surface area contributed by atoms with E-state index in [-0.39, 0.29) is 12.0 Å². The number of aliphatic hydroxyl groups excluding tert-OH is 1. The minimum atomic E-state index is -0.469. The predicted molar refractivity (Wildman–Crippen MR) is 79.7 cm³/mol. The van der Waals surface area contributed by atoms with Crippen molar-refractivity contribution in [2.75, 3.05) is 6.61 Å². The third kappa shape index (κ3) is 2.82. The zero-order chi connectivity index (χ0) is 13.3. The van der Waals surface area contributed by atoms with Gasteiger partial charge in [-0.2, -0.15) is 0 Å². The van der Waals surface area contributed by atoms with Gasteiger partial charge in [0.15, 0.2) is 0 Å². The molecule has 4 heteroatoms. The molecule has 18 heavy (non-hydrogen) atoms. The summed E-state index contributed by atoms with van der Waals surface area (Å²) in [5.41, 5.74) is 2.11. The molecule has 1 fully saturated rings. The van der Waals surface area contributed by atoms with Gasteiger partial charge in [0.2, 0.25) is 0 Å². The van der Waals surface area contributed by atoms with Gasteiger partial charge < -0.3 is 9.84 Å². The second-order valence-electron chi connectivity index (χ2n) is 4.84. The summed E-state index contributed by atoms with van der Waals surface area (Å²) in [6, 6.07) is 4.05. The van der Waals surface area contributed by atoms with Crippen LogP contribution >= 0.6 is 31.9 Å². The lowest BCUT2D eigenvalue weighted by Gasteiger charge is -2.24. The van der Waals surface area contributed by atoms with E-state index < -0.39 is 6.10 Å². The number of halogens is 2. The number of rotatable bonds is 3. The first kappa shape index (κ1) is 14.5. The Morgan fingerprint density at radius 1 is 1.39 bits per heavy atom. The molecule has 1 saturated heterocycles. The number of benzene rings is 1. The van der Waals surface area contributed by atoms with Crippen molar-refractivity contribution in [2.24, 2.45) is 5.92 Å². The molecule has 1 N–H and O–H groups in total. The quantitative estimate of drug-likeness (QED) is 0.847. The van der Waals surface area contributed by atoms with E-state index in [0.29, 0.717) is 0 Å². The maximum Gasteiger partial charge on any atom is 0.0855 e. The molecule has 0 saturated carbocycles. The first-order valence-electron chi connectivity index (χ1n) is 6.29. The summed E-state index contributed by atoms with van der Waals surface area (Å²) < 4.78 is 7.67. The van der Waals surface area contributed by atoms with Gasteiger partial charge in [-0.1, -0.05) is 38.8 Å². The average molecular weight is 378 g/mol. The molecule has 1 aromatic rings. The van der Waals surface area contributed by atoms with Gasteiger partial charge in [-0.15, -0.1) is 0 Å². The van der Waals surface area contributed by atoms with Gasteiger partial charge in [-0.25, -0.2) is 0 Å². The molecule has 0 amide bonds. The van der Waals surface area contributed by atoms with Crippen LogP contribution in [0.1, 0.15) is 37.0 Å². The lowest BCUT2D eigenvalue weighted by Crippen LogP contribution is -2.22. The molecular formula is C14H18Br2O2. The predicted octanol–water partition coefficient (Wildman–Crippen LogP) is 4.37. The highest BCUT2D eigenvalue weighted by atomic mass is 79.9. The number of ether oxygens (including phenoxy) is 1. The molecule has 1 aliphatic heterocycles. The van der Waals surface area contributed by atoms with Crippen LogP contribution in [0, 0.1) is 12.8 Å². The molecule has 3 atom stereocenters. The molecule has 1 heterocycles. The Labute approximate surface area is 125 Å². The highest BCUT2D eigenvalue weighted by Crippen LogP contribution is 2.39. The lowest BCUT2D eigenvalue weighted by molar-refractivity contribution is 0.0304. The largest absolute Gasteiger partial charge is 0.388 e. The fourth-order valence-electron chi connectivity index (χ4n) is 2.57. The van der Waals surface area contributed by atoms with Crippen LogP contribution in [0.2, 0.25) is 0 Å². The molecule has 0 bridgehead atoms. The number of hydrogen-bond donors (Lipinski definition) is 1. The fraction of sp³-hybridized carbons (Fsp3) is 0.571. The van der Waals surface area contributed by atoms with Gasteiger partial charge in [0.05, 0.1) is 12.2 Å². The van der Waals surface area contributed by atoms with E-state index in [4.69, 9.17) is 4.74 Å². The topological polar surface area (TPSA) is 29.5 Å². The zero-order valence-electron chi connectivity index (χ0n) is 10.6. The minimum absolute atomic E-state index is 0.173. The van der Waals surface area contributed by atoms with Crippen LogP contribution < -0.4 is 0 Å². The van der Waals surface area contributed by atoms with Crippen LogP contribution in [0.5, 0.6) is 0 Å². The van der Waals surface area contributed by atoms with Gasteiger partial charge in [-0.05, 0) is 43.0 Å². The van der Waals surface area contributed by atoms with Gasteiger partial charge >= 0.3 is 0 Å². The maximum atomic E-state index is 10.6. The molecule has 2 nitrogen and oxygen atoms in total. The summed E-state index contributed by atoms with van der Waals surface area (Å²) in [4.78, 5) is 0. The van der Waals surface area contributed by atoms with Crippen molar-refractivity contribution in [3.8, 4) is 0 Å². The van der Waals surface area contributed by atoms with Crippen molar-refractivity contribution in [1.82, 2.24) is 0 Å². The Bertz CT molecular complexity index is 434. The smallest absolute Gasteiger partial charge is 0.0855 e. The van der Waals surface area contributed by atoms with E-state index in [2.05, 4.69) is 38.8 Å². The molecular weight excluding hydrogens is 360 g/mol. The average Bonchev–Trinajstić information content (AvgIpc) is 2.81. The van der Waals surface area contributed by atoms with Crippen LogP contribution in [0.3, 0.4) is 0 Å². The van der Waals surface area contributed by atoms with E-state index >= 15 is 0 Å². The third-order valence-corrected chi connectivity index (χ3v) is 5.21. The van der Waals surface area contributed by atoms with Crippen molar-refractivity contribution < 1.29 is 9.84 Å². The first-order chi connectivity index (χ1) is 8.54. The molecule has 0 spiro atoms. The summed E-state index contributed by atoms with van der Waals surface area (Å²) in [6.45, 7) is 4.90. The van der Waals surface area contributed by atoms with Crippen LogP contribution in [-0.4, -0.2) is 17.8 Å². The van der Waals surface area contributed by atoms with E-state index in [0.717, 1.165) is 39.5 Å². The van der Waals surface area contributed by atoms with Crippen LogP contribution in [0.15, 0.2) is 21.1 Å². The monoisotopic (exact) mass is 376 g/mol. The summed E-state index contributed by atoms with van der Waals surface area (Å²) in [5, 5.41) is 10.6. The number of aryl methyl sites for hydroxylation is 1. The molecule has 0 aliphatic carbocycles. The second kappa shape index (κ2) is 6.04. The fourth-order valence-corrected chi connectivity index (χ4v) is 3.62. The molecule has 100 valence electrons. The number of aliphatic hydroxyl groups is 1. The Morgan fingerprint density at radius 2 is 2.11 bits per heavy atom. The van der Waals surface area contributed by atoms with E-state index in [1.165, 1.54) is 0 Å². The normalized spacial score (nSPS) is 25.4. The Hall–Kier alpha value is 0.1000. The van der Waals surface area contributed by atoms with Crippen LogP contribution in [0.25, 0.3) is 0 Å². The van der Waals surface area contributed by atoms with Crippen LogP contribution in [0.4, 0.5) is 0 Å². The highest BCUT2D eigenvalue weighted by Gasteiger charge is 2.34. The van der Waals surface area contributed by atoms with Gasteiger partial charge in [-0.3, -0.25) is 0 Å². The lowest BCUT2D eigenvalue weighted by atomic mass is 9.89. The van der Waals surface area contributed by atoms with E-state index in [1.807, 2.05) is 19.1 Å². The van der Waals surface area contributed by atoms with Gasteiger partial charge in [0.25, 0.3) is 0 Å². The summed E-state index contributed by atoms with van der Waals surface area (Å²) in [7, 11) is 0. The summed E-state index contributed by atoms with van der Waals surface area (Å²) in [6.07, 6.45) is 1.58. The molecule has 0 aromatic heterocycles. The van der Waals surface area contributed by atoms with E-state index in [9.17, 15) is 5.11 Å². The van der Waals surface area contributed by atoms with Crippen LogP contribution in [-0.2, 0) is 4.74 Å². The Morgan fingerprint density at radius 3 is 2.78 bits per heavy atom. The molecule has 1 aliphatic rings. The molecule has 1 aromatic carbocycles.